The van der Waals surface area contributed by atoms with Crippen LogP contribution in [-0.4, -0.2) is 37.2 Å². The van der Waals surface area contributed by atoms with Gasteiger partial charge in [-0.25, -0.2) is 14.2 Å². The second-order valence-electron chi connectivity index (χ2n) is 8.17. The summed E-state index contributed by atoms with van der Waals surface area (Å²) >= 11 is 0. The molecule has 0 spiro atoms. The number of amides is 1. The molecule has 1 aliphatic carbocycles. The second kappa shape index (κ2) is 7.51. The minimum Gasteiger partial charge on any atom is -0.431 e. The molecule has 11 heteroatoms. The van der Waals surface area contributed by atoms with E-state index in [9.17, 15) is 14.0 Å². The van der Waals surface area contributed by atoms with Crippen LogP contribution in [0.15, 0.2) is 56.3 Å². The lowest BCUT2D eigenvalue weighted by atomic mass is 10.1. The largest absolute Gasteiger partial charge is 0.431 e. The van der Waals surface area contributed by atoms with Gasteiger partial charge in [0, 0.05) is 16.8 Å². The molecule has 170 valence electrons. The lowest BCUT2D eigenvalue weighted by molar-refractivity contribution is 0.0997. The Kier molecular flexibility index (Phi) is 4.44. The number of aromatic nitrogens is 5. The third-order valence-corrected chi connectivity index (χ3v) is 5.71. The van der Waals surface area contributed by atoms with Crippen molar-refractivity contribution >= 4 is 22.6 Å². The van der Waals surface area contributed by atoms with E-state index in [0.29, 0.717) is 40.1 Å². The minimum atomic E-state index is -0.930. The summed E-state index contributed by atoms with van der Waals surface area (Å²) in [4.78, 5) is 38.1. The van der Waals surface area contributed by atoms with Crippen LogP contribution in [-0.2, 0) is 0 Å². The number of nitrogens with zero attached hydrogens (tertiary/aromatic N) is 3. The van der Waals surface area contributed by atoms with Gasteiger partial charge in [-0.1, -0.05) is 17.3 Å². The molecule has 2 aromatic carbocycles. The highest BCUT2D eigenvalue weighted by Gasteiger charge is 2.43. The normalized spacial score (nSPS) is 17.2. The number of imidazole rings is 1. The fourth-order valence-electron chi connectivity index (χ4n) is 3.68. The summed E-state index contributed by atoms with van der Waals surface area (Å²) in [5.41, 5.74) is 3.53. The van der Waals surface area contributed by atoms with Gasteiger partial charge in [0.05, 0.1) is 23.1 Å². The number of rotatable bonds is 5. The van der Waals surface area contributed by atoms with Gasteiger partial charge < -0.3 is 24.2 Å². The van der Waals surface area contributed by atoms with Crippen LogP contribution in [0.4, 0.5) is 10.1 Å². The SMILES string of the molecule is Cc1ccc(-c2noc([C@H]3C[C@@H]3F)n2)cc1NC(=O)c1cnc(-c2ccc3[nH]c(=O)[nH]c3c2)o1. The van der Waals surface area contributed by atoms with E-state index in [2.05, 4.69) is 30.4 Å². The zero-order chi connectivity index (χ0) is 23.4. The molecule has 10 nitrogen and oxygen atoms in total. The van der Waals surface area contributed by atoms with E-state index in [1.807, 2.05) is 13.0 Å². The van der Waals surface area contributed by atoms with E-state index < -0.39 is 12.1 Å². The molecule has 0 radical (unpaired) electrons. The number of halogens is 1. The third-order valence-electron chi connectivity index (χ3n) is 5.71. The van der Waals surface area contributed by atoms with E-state index in [-0.39, 0.29) is 29.1 Å². The number of anilines is 1. The maximum absolute atomic E-state index is 13.3. The molecule has 5 aromatic rings. The average Bonchev–Trinajstić information content (AvgIpc) is 3.26. The average molecular weight is 460 g/mol. The molecule has 34 heavy (non-hydrogen) atoms. The van der Waals surface area contributed by atoms with Crippen LogP contribution < -0.4 is 11.0 Å². The highest BCUT2D eigenvalue weighted by molar-refractivity contribution is 6.03. The Morgan fingerprint density at radius 2 is 1.94 bits per heavy atom. The fraction of sp³-hybridized carbons (Fsp3) is 0.174. The van der Waals surface area contributed by atoms with E-state index in [1.54, 1.807) is 30.3 Å². The van der Waals surface area contributed by atoms with Gasteiger partial charge in [-0.3, -0.25) is 4.79 Å². The first-order valence-corrected chi connectivity index (χ1v) is 10.5. The Bertz CT molecular complexity index is 1610. The summed E-state index contributed by atoms with van der Waals surface area (Å²) in [6.45, 7) is 1.84. The van der Waals surface area contributed by atoms with E-state index in [1.165, 1.54) is 6.20 Å². The molecule has 0 saturated heterocycles. The highest BCUT2D eigenvalue weighted by atomic mass is 19.1. The Hall–Kier alpha value is -4.54. The number of carbonyl (C=O) groups excluding carboxylic acids is 1. The van der Waals surface area contributed by atoms with Gasteiger partial charge in [-0.15, -0.1) is 0 Å². The molecule has 6 rings (SSSR count). The van der Waals surface area contributed by atoms with Crippen LogP contribution in [0.5, 0.6) is 0 Å². The van der Waals surface area contributed by atoms with Crippen LogP contribution in [0.1, 0.15) is 34.3 Å². The second-order valence-corrected chi connectivity index (χ2v) is 8.17. The summed E-state index contributed by atoms with van der Waals surface area (Å²) in [5.74, 6) is 0.0542. The summed E-state index contributed by atoms with van der Waals surface area (Å²) < 4.78 is 24.1. The number of aromatic amines is 2. The molecular weight excluding hydrogens is 443 g/mol. The lowest BCUT2D eigenvalue weighted by Gasteiger charge is -2.08. The van der Waals surface area contributed by atoms with E-state index in [4.69, 9.17) is 8.94 Å². The van der Waals surface area contributed by atoms with Gasteiger partial charge in [0.15, 0.2) is 0 Å². The number of H-pyrrole nitrogens is 2. The molecule has 1 aliphatic rings. The molecule has 0 aliphatic heterocycles. The highest BCUT2D eigenvalue weighted by Crippen LogP contribution is 2.43. The van der Waals surface area contributed by atoms with E-state index >= 15 is 0 Å². The monoisotopic (exact) mass is 460 g/mol. The van der Waals surface area contributed by atoms with Gasteiger partial charge in [-0.2, -0.15) is 4.98 Å². The van der Waals surface area contributed by atoms with Crippen LogP contribution in [0.2, 0.25) is 0 Å². The summed E-state index contributed by atoms with van der Waals surface area (Å²) in [7, 11) is 0. The molecule has 0 bridgehead atoms. The van der Waals surface area contributed by atoms with Gasteiger partial charge in [-0.05, 0) is 43.2 Å². The molecule has 3 heterocycles. The maximum Gasteiger partial charge on any atom is 0.323 e. The third kappa shape index (κ3) is 3.56. The molecule has 3 N–H and O–H groups in total. The molecule has 3 aromatic heterocycles. The molecule has 2 atom stereocenters. The first-order valence-electron chi connectivity index (χ1n) is 10.5. The Balaban J connectivity index is 1.23. The lowest BCUT2D eigenvalue weighted by Crippen LogP contribution is -2.12. The molecule has 1 amide bonds. The van der Waals surface area contributed by atoms with E-state index in [0.717, 1.165) is 5.56 Å². The molecule has 0 unspecified atom stereocenters. The van der Waals surface area contributed by atoms with Gasteiger partial charge in [0.2, 0.25) is 23.4 Å². The van der Waals surface area contributed by atoms with Crippen molar-refractivity contribution in [1.29, 1.82) is 0 Å². The first kappa shape index (κ1) is 20.1. The quantitative estimate of drug-likeness (QED) is 0.360. The fourth-order valence-corrected chi connectivity index (χ4v) is 3.68. The van der Waals surface area contributed by atoms with Gasteiger partial charge in [0.1, 0.15) is 6.17 Å². The maximum atomic E-state index is 13.3. The summed E-state index contributed by atoms with van der Waals surface area (Å²) in [6, 6.07) is 10.5. The summed E-state index contributed by atoms with van der Waals surface area (Å²) in [6.07, 6.45) is 0.801. The molecular formula is C23H17FN6O4. The van der Waals surface area contributed by atoms with Crippen LogP contribution >= 0.6 is 0 Å². The zero-order valence-corrected chi connectivity index (χ0v) is 17.8. The van der Waals surface area contributed by atoms with Crippen LogP contribution in [0, 0.1) is 6.92 Å². The number of benzene rings is 2. The van der Waals surface area contributed by atoms with Crippen molar-refractivity contribution in [3.63, 3.8) is 0 Å². The van der Waals surface area contributed by atoms with Gasteiger partial charge in [0.25, 0.3) is 5.91 Å². The van der Waals surface area contributed by atoms with Crippen LogP contribution in [0.25, 0.3) is 33.9 Å². The number of oxazole rings is 1. The number of fused-ring (bicyclic) bond motifs is 1. The molecule has 1 fully saturated rings. The van der Waals surface area contributed by atoms with Crippen molar-refractivity contribution in [3.8, 4) is 22.8 Å². The predicted octanol–water partition coefficient (Wildman–Crippen LogP) is 3.95. The number of hydrogen-bond acceptors (Lipinski definition) is 7. The van der Waals surface area contributed by atoms with Crippen molar-refractivity contribution in [2.45, 2.75) is 25.4 Å². The van der Waals surface area contributed by atoms with Crippen LogP contribution in [0.3, 0.4) is 0 Å². The van der Waals surface area contributed by atoms with Crippen molar-refractivity contribution in [2.24, 2.45) is 0 Å². The Labute approximate surface area is 190 Å². The predicted molar refractivity (Wildman–Crippen MR) is 119 cm³/mol. The standard InChI is InChI=1S/C23H17FN6O4/c1-10-2-3-11(19-29-22(34-30-19)13-8-14(13)24)6-16(10)26-20(31)18-9-25-21(33-18)12-4-5-15-17(7-12)28-23(32)27-15/h2-7,9,13-14H,8H2,1H3,(H,26,31)(H2,27,28,32)/t13-,14-/m0/s1. The van der Waals surface area contributed by atoms with Crippen molar-refractivity contribution in [3.05, 3.63) is 70.3 Å². The Morgan fingerprint density at radius 3 is 2.76 bits per heavy atom. The van der Waals surface area contributed by atoms with Gasteiger partial charge >= 0.3 is 5.69 Å². The van der Waals surface area contributed by atoms with Crippen molar-refractivity contribution in [1.82, 2.24) is 25.1 Å². The zero-order valence-electron chi connectivity index (χ0n) is 17.8. The Morgan fingerprint density at radius 1 is 1.15 bits per heavy atom. The minimum absolute atomic E-state index is 0.0204. The number of alkyl halides is 1. The summed E-state index contributed by atoms with van der Waals surface area (Å²) in [5, 5.41) is 6.74. The number of carbonyl (C=O) groups is 1. The topological polar surface area (TPSA) is 143 Å². The number of aryl methyl sites for hydroxylation is 1. The molecule has 1 saturated carbocycles. The first-order chi connectivity index (χ1) is 16.4. The smallest absolute Gasteiger partial charge is 0.323 e. The van der Waals surface area contributed by atoms with Crippen molar-refractivity contribution in [2.75, 3.05) is 5.32 Å². The number of hydrogen-bond donors (Lipinski definition) is 3. The number of nitrogens with one attached hydrogen (secondary N) is 3. The van der Waals surface area contributed by atoms with Crippen molar-refractivity contribution < 1.29 is 18.1 Å².